The minimum Gasteiger partial charge on any atom is -0.361 e. The quantitative estimate of drug-likeness (QED) is 0.871. The van der Waals surface area contributed by atoms with E-state index in [9.17, 15) is 4.79 Å². The average molecular weight is 371 g/mol. The highest BCUT2D eigenvalue weighted by atomic mass is 16.5. The summed E-state index contributed by atoms with van der Waals surface area (Å²) in [5.74, 6) is 0.614. The molecule has 2 aliphatic rings. The van der Waals surface area contributed by atoms with E-state index in [0.29, 0.717) is 12.2 Å². The van der Waals surface area contributed by atoms with Gasteiger partial charge >= 0.3 is 0 Å². The fourth-order valence-electron chi connectivity index (χ4n) is 4.13. The van der Waals surface area contributed by atoms with Gasteiger partial charge in [0.25, 0.3) is 5.91 Å². The van der Waals surface area contributed by atoms with Crippen molar-refractivity contribution in [2.45, 2.75) is 51.9 Å². The van der Waals surface area contributed by atoms with Gasteiger partial charge in [0.05, 0.1) is 0 Å². The third kappa shape index (κ3) is 3.94. The van der Waals surface area contributed by atoms with Crippen LogP contribution >= 0.6 is 0 Å². The summed E-state index contributed by atoms with van der Waals surface area (Å²) in [6, 6.07) is 4.50. The van der Waals surface area contributed by atoms with Crippen molar-refractivity contribution < 1.29 is 9.32 Å². The van der Waals surface area contributed by atoms with Crippen LogP contribution in [0.5, 0.6) is 0 Å². The molecule has 2 aromatic heterocycles. The minimum absolute atomic E-state index is 0.134. The first-order valence-electron chi connectivity index (χ1n) is 9.92. The molecule has 0 bridgehead atoms. The lowest BCUT2D eigenvalue weighted by Crippen LogP contribution is -2.47. The molecule has 0 radical (unpaired) electrons. The standard InChI is InChI=1S/C20H29N5O2/c1-15-18(14-24-8-4-3-5-9-24)19(22-27-15)20(26)21-11-17-13-25-10-6-7-16(25)12-23(17)2/h6-7,10,17H,3-5,8-9,11-14H2,1-2H3,(H,21,26). The molecule has 2 aromatic rings. The number of aryl methyl sites for hydroxylation is 1. The number of piperidine rings is 1. The highest BCUT2D eigenvalue weighted by Crippen LogP contribution is 2.20. The maximum atomic E-state index is 12.8. The summed E-state index contributed by atoms with van der Waals surface area (Å²) in [6.07, 6.45) is 5.85. The predicted octanol–water partition coefficient (Wildman–Crippen LogP) is 2.01. The Morgan fingerprint density at radius 3 is 2.96 bits per heavy atom. The van der Waals surface area contributed by atoms with Gasteiger partial charge in [-0.05, 0) is 52.0 Å². The molecule has 4 rings (SSSR count). The molecule has 1 amide bonds. The van der Waals surface area contributed by atoms with E-state index in [1.54, 1.807) is 0 Å². The Hall–Kier alpha value is -2.12. The first-order valence-corrected chi connectivity index (χ1v) is 9.92. The number of carbonyl (C=O) groups excluding carboxylic acids is 1. The van der Waals surface area contributed by atoms with Crippen LogP contribution in [0.4, 0.5) is 0 Å². The van der Waals surface area contributed by atoms with Gasteiger partial charge in [-0.3, -0.25) is 14.6 Å². The number of aromatic nitrogens is 2. The highest BCUT2D eigenvalue weighted by molar-refractivity contribution is 5.93. The smallest absolute Gasteiger partial charge is 0.273 e. The van der Waals surface area contributed by atoms with E-state index < -0.39 is 0 Å². The molecular weight excluding hydrogens is 342 g/mol. The number of rotatable bonds is 5. The Kier molecular flexibility index (Phi) is 5.31. The largest absolute Gasteiger partial charge is 0.361 e. The van der Waals surface area contributed by atoms with Crippen LogP contribution in [0.3, 0.4) is 0 Å². The van der Waals surface area contributed by atoms with Gasteiger partial charge in [0.1, 0.15) is 5.76 Å². The maximum Gasteiger partial charge on any atom is 0.273 e. The van der Waals surface area contributed by atoms with E-state index in [1.807, 2.05) is 6.92 Å². The molecular formula is C20H29N5O2. The van der Waals surface area contributed by atoms with Gasteiger partial charge in [-0.15, -0.1) is 0 Å². The van der Waals surface area contributed by atoms with E-state index in [-0.39, 0.29) is 11.9 Å². The van der Waals surface area contributed by atoms with Crippen molar-refractivity contribution in [1.82, 2.24) is 24.8 Å². The normalized spacial score (nSPS) is 21.2. The number of hydrogen-bond acceptors (Lipinski definition) is 5. The summed E-state index contributed by atoms with van der Waals surface area (Å²) in [5.41, 5.74) is 2.69. The van der Waals surface area contributed by atoms with Crippen molar-refractivity contribution in [2.24, 2.45) is 0 Å². The van der Waals surface area contributed by atoms with Crippen LogP contribution in [0, 0.1) is 6.92 Å². The predicted molar refractivity (Wildman–Crippen MR) is 102 cm³/mol. The molecule has 27 heavy (non-hydrogen) atoms. The number of fused-ring (bicyclic) bond motifs is 1. The average Bonchev–Trinajstić information content (AvgIpc) is 3.27. The summed E-state index contributed by atoms with van der Waals surface area (Å²) in [4.78, 5) is 17.5. The lowest BCUT2D eigenvalue weighted by molar-refractivity contribution is 0.0914. The number of nitrogens with zero attached hydrogens (tertiary/aromatic N) is 4. The van der Waals surface area contributed by atoms with Crippen molar-refractivity contribution in [3.05, 3.63) is 41.0 Å². The number of hydrogen-bond donors (Lipinski definition) is 1. The Morgan fingerprint density at radius 2 is 2.15 bits per heavy atom. The van der Waals surface area contributed by atoms with Gasteiger partial charge in [-0.25, -0.2) is 0 Å². The molecule has 1 atom stereocenters. The Balaban J connectivity index is 1.38. The van der Waals surface area contributed by atoms with E-state index >= 15 is 0 Å². The van der Waals surface area contributed by atoms with Crippen LogP contribution in [-0.2, 0) is 19.6 Å². The zero-order valence-corrected chi connectivity index (χ0v) is 16.3. The zero-order valence-electron chi connectivity index (χ0n) is 16.3. The second-order valence-electron chi connectivity index (χ2n) is 7.83. The number of nitrogens with one attached hydrogen (secondary N) is 1. The molecule has 1 N–H and O–H groups in total. The molecule has 1 saturated heterocycles. The summed E-state index contributed by atoms with van der Waals surface area (Å²) in [5, 5.41) is 7.14. The molecule has 2 aliphatic heterocycles. The Bertz CT molecular complexity index is 790. The first-order chi connectivity index (χ1) is 13.1. The van der Waals surface area contributed by atoms with Crippen LogP contribution in [0.25, 0.3) is 0 Å². The summed E-state index contributed by atoms with van der Waals surface area (Å²) >= 11 is 0. The van der Waals surface area contributed by atoms with Crippen LogP contribution in [0.1, 0.15) is 46.8 Å². The molecule has 7 heteroatoms. The summed E-state index contributed by atoms with van der Waals surface area (Å²) in [7, 11) is 2.11. The molecule has 4 heterocycles. The van der Waals surface area contributed by atoms with Crippen LogP contribution in [0.15, 0.2) is 22.9 Å². The van der Waals surface area contributed by atoms with Crippen LogP contribution in [-0.4, -0.2) is 58.2 Å². The summed E-state index contributed by atoms with van der Waals surface area (Å²) < 4.78 is 7.62. The topological polar surface area (TPSA) is 66.5 Å². The molecule has 146 valence electrons. The fourth-order valence-corrected chi connectivity index (χ4v) is 4.13. The number of amides is 1. The maximum absolute atomic E-state index is 12.8. The third-order valence-corrected chi connectivity index (χ3v) is 5.89. The molecule has 0 aromatic carbocycles. The second kappa shape index (κ2) is 7.86. The highest BCUT2D eigenvalue weighted by Gasteiger charge is 2.26. The van der Waals surface area contributed by atoms with E-state index in [0.717, 1.165) is 44.0 Å². The first kappa shape index (κ1) is 18.3. The molecule has 1 unspecified atom stereocenters. The Morgan fingerprint density at radius 1 is 1.33 bits per heavy atom. The monoisotopic (exact) mass is 371 g/mol. The van der Waals surface area contributed by atoms with Gasteiger partial charge in [-0.1, -0.05) is 11.6 Å². The van der Waals surface area contributed by atoms with Crippen molar-refractivity contribution in [2.75, 3.05) is 26.7 Å². The lowest BCUT2D eigenvalue weighted by atomic mass is 10.1. The van der Waals surface area contributed by atoms with Crippen LogP contribution < -0.4 is 5.32 Å². The van der Waals surface area contributed by atoms with Crippen molar-refractivity contribution in [1.29, 1.82) is 0 Å². The Labute approximate surface area is 160 Å². The van der Waals surface area contributed by atoms with Crippen molar-refractivity contribution in [3.8, 4) is 0 Å². The molecule has 0 saturated carbocycles. The van der Waals surface area contributed by atoms with Gasteiger partial charge < -0.3 is 14.4 Å². The van der Waals surface area contributed by atoms with E-state index in [4.69, 9.17) is 4.52 Å². The van der Waals surface area contributed by atoms with Crippen molar-refractivity contribution >= 4 is 5.91 Å². The number of carbonyl (C=O) groups is 1. The molecule has 1 fully saturated rings. The zero-order chi connectivity index (χ0) is 18.8. The van der Waals surface area contributed by atoms with Crippen molar-refractivity contribution in [3.63, 3.8) is 0 Å². The summed E-state index contributed by atoms with van der Waals surface area (Å²) in [6.45, 7) is 7.19. The second-order valence-corrected chi connectivity index (χ2v) is 7.83. The van der Waals surface area contributed by atoms with E-state index in [1.165, 1.54) is 25.0 Å². The lowest BCUT2D eigenvalue weighted by Gasteiger charge is -2.34. The molecule has 0 spiro atoms. The minimum atomic E-state index is -0.134. The fraction of sp³-hybridized carbons (Fsp3) is 0.600. The molecule has 7 nitrogen and oxygen atoms in total. The number of likely N-dealkylation sites (tertiary alicyclic amines) is 1. The van der Waals surface area contributed by atoms with Gasteiger partial charge in [0.2, 0.25) is 0 Å². The van der Waals surface area contributed by atoms with Crippen LogP contribution in [0.2, 0.25) is 0 Å². The van der Waals surface area contributed by atoms with Gasteiger partial charge in [-0.2, -0.15) is 0 Å². The van der Waals surface area contributed by atoms with Gasteiger partial charge in [0, 0.05) is 49.7 Å². The SMILES string of the molecule is Cc1onc(C(=O)NCC2Cn3cccc3CN2C)c1CN1CCCCC1. The third-order valence-electron chi connectivity index (χ3n) is 5.89. The molecule has 0 aliphatic carbocycles. The van der Waals surface area contributed by atoms with E-state index in [2.05, 4.69) is 50.2 Å². The number of likely N-dealkylation sites (N-methyl/N-ethyl adjacent to an activating group) is 1. The van der Waals surface area contributed by atoms with Gasteiger partial charge in [0.15, 0.2) is 5.69 Å².